The van der Waals surface area contributed by atoms with Crippen LogP contribution < -0.4 is 5.32 Å². The van der Waals surface area contributed by atoms with E-state index in [1.165, 1.54) is 5.56 Å². The van der Waals surface area contributed by atoms with Crippen LogP contribution in [0.1, 0.15) is 38.1 Å². The normalized spacial score (nSPS) is 17.0. The Hall–Kier alpha value is -1.72. The maximum Gasteiger partial charge on any atom is 0.252 e. The highest BCUT2D eigenvalue weighted by Crippen LogP contribution is 2.22. The van der Waals surface area contributed by atoms with E-state index in [9.17, 15) is 0 Å². The second-order valence-electron chi connectivity index (χ2n) is 6.13. The Morgan fingerprint density at radius 1 is 1.29 bits per heavy atom. The van der Waals surface area contributed by atoms with Crippen molar-refractivity contribution in [1.82, 2.24) is 15.5 Å². The van der Waals surface area contributed by atoms with Gasteiger partial charge in [0.15, 0.2) is 0 Å². The predicted octanol–water partition coefficient (Wildman–Crippen LogP) is 2.74. The van der Waals surface area contributed by atoms with Crippen molar-refractivity contribution in [2.24, 2.45) is 0 Å². The summed E-state index contributed by atoms with van der Waals surface area (Å²) in [4.78, 5) is 4.39. The predicted molar refractivity (Wildman–Crippen MR) is 79.9 cm³/mol. The minimum Gasteiger partial charge on any atom is -0.363 e. The van der Waals surface area contributed by atoms with Crippen LogP contribution in [0.25, 0.3) is 11.4 Å². The van der Waals surface area contributed by atoms with Crippen LogP contribution in [0.3, 0.4) is 0 Å². The number of nitrogens with one attached hydrogen (secondary N) is 1. The Balaban J connectivity index is 1.66. The van der Waals surface area contributed by atoms with E-state index in [0.717, 1.165) is 18.7 Å². The van der Waals surface area contributed by atoms with Crippen molar-refractivity contribution in [2.75, 3.05) is 13.1 Å². The van der Waals surface area contributed by atoms with Crippen molar-refractivity contribution in [3.05, 3.63) is 35.7 Å². The Bertz CT molecular complexity index is 600. The van der Waals surface area contributed by atoms with Gasteiger partial charge in [0.1, 0.15) is 6.61 Å². The minimum atomic E-state index is -0.104. The van der Waals surface area contributed by atoms with Crippen LogP contribution in [0.4, 0.5) is 0 Å². The molecular weight excluding hydrogens is 266 g/mol. The first-order valence-corrected chi connectivity index (χ1v) is 7.33. The van der Waals surface area contributed by atoms with Crippen molar-refractivity contribution in [3.8, 4) is 11.4 Å². The molecule has 1 saturated heterocycles. The molecule has 5 nitrogen and oxygen atoms in total. The molecule has 0 atom stereocenters. The number of nitrogens with zero attached hydrogens (tertiary/aromatic N) is 2. The summed E-state index contributed by atoms with van der Waals surface area (Å²) in [6.45, 7) is 8.51. The summed E-state index contributed by atoms with van der Waals surface area (Å²) in [5.74, 6) is 1.65. The van der Waals surface area contributed by atoms with Crippen LogP contribution in [0, 0.1) is 0 Å². The molecule has 1 aromatic carbocycles. The van der Waals surface area contributed by atoms with Crippen molar-refractivity contribution in [1.29, 1.82) is 0 Å². The molecule has 21 heavy (non-hydrogen) atoms. The molecule has 0 radical (unpaired) electrons. The Morgan fingerprint density at radius 2 is 2.00 bits per heavy atom. The van der Waals surface area contributed by atoms with Crippen LogP contribution in [-0.4, -0.2) is 28.8 Å². The van der Waals surface area contributed by atoms with E-state index in [0.29, 0.717) is 24.2 Å². The molecule has 0 bridgehead atoms. The van der Waals surface area contributed by atoms with Crippen molar-refractivity contribution in [2.45, 2.75) is 38.9 Å². The summed E-state index contributed by atoms with van der Waals surface area (Å²) < 4.78 is 11.0. The van der Waals surface area contributed by atoms with Gasteiger partial charge >= 0.3 is 0 Å². The van der Waals surface area contributed by atoms with E-state index in [-0.39, 0.29) is 5.60 Å². The fraction of sp³-hybridized carbons (Fsp3) is 0.500. The molecule has 2 heterocycles. The molecule has 3 rings (SSSR count). The minimum absolute atomic E-state index is 0.104. The second-order valence-corrected chi connectivity index (χ2v) is 6.13. The number of aromatic nitrogens is 2. The van der Waals surface area contributed by atoms with Gasteiger partial charge in [-0.25, -0.2) is 0 Å². The summed E-state index contributed by atoms with van der Waals surface area (Å²) in [7, 11) is 0. The first-order chi connectivity index (χ1) is 10.1. The summed E-state index contributed by atoms with van der Waals surface area (Å²) >= 11 is 0. The van der Waals surface area contributed by atoms with E-state index in [4.69, 9.17) is 9.26 Å². The lowest BCUT2D eigenvalue weighted by Gasteiger charge is -2.38. The lowest BCUT2D eigenvalue weighted by atomic mass is 10.0. The van der Waals surface area contributed by atoms with Crippen LogP contribution in [0.5, 0.6) is 0 Å². The molecule has 1 aliphatic heterocycles. The highest BCUT2D eigenvalue weighted by Gasteiger charge is 2.33. The lowest BCUT2D eigenvalue weighted by molar-refractivity contribution is -0.0841. The van der Waals surface area contributed by atoms with Gasteiger partial charge in [-0.15, -0.1) is 0 Å². The van der Waals surface area contributed by atoms with Gasteiger partial charge in [-0.1, -0.05) is 43.3 Å². The zero-order valence-corrected chi connectivity index (χ0v) is 12.7. The number of benzene rings is 1. The monoisotopic (exact) mass is 287 g/mol. The quantitative estimate of drug-likeness (QED) is 0.916. The Morgan fingerprint density at radius 3 is 2.57 bits per heavy atom. The molecule has 1 fully saturated rings. The summed E-state index contributed by atoms with van der Waals surface area (Å²) in [6, 6.07) is 8.27. The van der Waals surface area contributed by atoms with Gasteiger partial charge in [-0.2, -0.15) is 4.98 Å². The highest BCUT2D eigenvalue weighted by atomic mass is 16.5. The van der Waals surface area contributed by atoms with Gasteiger partial charge in [0.25, 0.3) is 5.89 Å². The van der Waals surface area contributed by atoms with Crippen LogP contribution in [-0.2, 0) is 11.3 Å². The van der Waals surface area contributed by atoms with Crippen LogP contribution in [0.15, 0.2) is 28.8 Å². The first-order valence-electron chi connectivity index (χ1n) is 7.33. The van der Waals surface area contributed by atoms with E-state index >= 15 is 0 Å². The number of hydrogen-bond donors (Lipinski definition) is 1. The second kappa shape index (κ2) is 5.58. The van der Waals surface area contributed by atoms with E-state index in [1.807, 2.05) is 12.1 Å². The molecule has 5 heteroatoms. The Kier molecular flexibility index (Phi) is 3.78. The molecule has 1 N–H and O–H groups in total. The third-order valence-corrected chi connectivity index (χ3v) is 3.85. The molecule has 1 aliphatic rings. The number of hydrogen-bond acceptors (Lipinski definition) is 5. The smallest absolute Gasteiger partial charge is 0.252 e. The summed E-state index contributed by atoms with van der Waals surface area (Å²) in [6.07, 6.45) is 0. The van der Waals surface area contributed by atoms with E-state index in [1.54, 1.807) is 0 Å². The van der Waals surface area contributed by atoms with Crippen molar-refractivity contribution >= 4 is 0 Å². The fourth-order valence-electron chi connectivity index (χ4n) is 2.26. The molecule has 1 aromatic heterocycles. The van der Waals surface area contributed by atoms with Crippen molar-refractivity contribution in [3.63, 3.8) is 0 Å². The first kappa shape index (κ1) is 14.2. The van der Waals surface area contributed by atoms with Gasteiger partial charge in [-0.3, -0.25) is 0 Å². The van der Waals surface area contributed by atoms with Gasteiger partial charge < -0.3 is 14.6 Å². The topological polar surface area (TPSA) is 60.2 Å². The molecule has 0 saturated carbocycles. The van der Waals surface area contributed by atoms with E-state index in [2.05, 4.69) is 48.4 Å². The molecule has 0 aliphatic carbocycles. The van der Waals surface area contributed by atoms with Gasteiger partial charge in [0, 0.05) is 18.7 Å². The third-order valence-electron chi connectivity index (χ3n) is 3.85. The van der Waals surface area contributed by atoms with Crippen molar-refractivity contribution < 1.29 is 9.26 Å². The zero-order valence-electron chi connectivity index (χ0n) is 12.7. The zero-order chi connectivity index (χ0) is 14.9. The standard InChI is InChI=1S/C16H21N3O2/c1-11(2)12-4-6-13(7-5-12)15-18-14(21-19-15)8-20-16(3)9-17-10-16/h4-7,11,17H,8-10H2,1-3H3. The maximum absolute atomic E-state index is 5.79. The summed E-state index contributed by atoms with van der Waals surface area (Å²) in [5, 5.41) is 7.22. The number of ether oxygens (including phenoxy) is 1. The molecular formula is C16H21N3O2. The average Bonchev–Trinajstić information content (AvgIpc) is 2.92. The molecule has 0 amide bonds. The lowest BCUT2D eigenvalue weighted by Crippen LogP contribution is -2.58. The molecule has 2 aromatic rings. The van der Waals surface area contributed by atoms with Gasteiger partial charge in [-0.05, 0) is 18.4 Å². The Labute approximate surface area is 124 Å². The van der Waals surface area contributed by atoms with E-state index < -0.39 is 0 Å². The third kappa shape index (κ3) is 3.14. The van der Waals surface area contributed by atoms with Gasteiger partial charge in [0.2, 0.25) is 5.82 Å². The summed E-state index contributed by atoms with van der Waals surface area (Å²) in [5.41, 5.74) is 2.16. The molecule has 0 unspecified atom stereocenters. The molecule has 112 valence electrons. The van der Waals surface area contributed by atoms with Gasteiger partial charge in [0.05, 0.1) is 5.60 Å². The fourth-order valence-corrected chi connectivity index (χ4v) is 2.26. The van der Waals surface area contributed by atoms with Crippen LogP contribution in [0.2, 0.25) is 0 Å². The highest BCUT2D eigenvalue weighted by molar-refractivity contribution is 5.54. The largest absolute Gasteiger partial charge is 0.363 e. The maximum atomic E-state index is 5.79. The number of rotatable bonds is 5. The average molecular weight is 287 g/mol. The SMILES string of the molecule is CC(C)c1ccc(-c2noc(COC3(C)CNC3)n2)cc1. The molecule has 0 spiro atoms. The van der Waals surface area contributed by atoms with Crippen LogP contribution >= 0.6 is 0 Å².